The SMILES string of the molecule is CCCC1CCC(NC(=O)NC(CCC)C(=O)O)CC1. The minimum Gasteiger partial charge on any atom is -0.480 e. The summed E-state index contributed by atoms with van der Waals surface area (Å²) in [5, 5.41) is 14.5. The molecule has 0 saturated heterocycles. The van der Waals surface area contributed by atoms with Crippen LogP contribution in [-0.2, 0) is 4.79 Å². The Morgan fingerprint density at radius 2 is 1.80 bits per heavy atom. The van der Waals surface area contributed by atoms with Gasteiger partial charge in [-0.3, -0.25) is 0 Å². The van der Waals surface area contributed by atoms with Gasteiger partial charge in [0.25, 0.3) is 0 Å². The van der Waals surface area contributed by atoms with E-state index in [1.165, 1.54) is 12.8 Å². The van der Waals surface area contributed by atoms with Gasteiger partial charge in [-0.1, -0.05) is 33.1 Å². The molecule has 1 saturated carbocycles. The van der Waals surface area contributed by atoms with Crippen LogP contribution in [0.25, 0.3) is 0 Å². The molecular formula is C15H28N2O3. The lowest BCUT2D eigenvalue weighted by Gasteiger charge is -2.29. The Labute approximate surface area is 121 Å². The highest BCUT2D eigenvalue weighted by atomic mass is 16.4. The van der Waals surface area contributed by atoms with Crippen molar-refractivity contribution in [3.63, 3.8) is 0 Å². The molecule has 0 aliphatic heterocycles. The fraction of sp³-hybridized carbons (Fsp3) is 0.867. The van der Waals surface area contributed by atoms with Crippen LogP contribution in [0.4, 0.5) is 4.79 Å². The maximum atomic E-state index is 11.8. The molecule has 2 amide bonds. The Bertz CT molecular complexity index is 312. The molecule has 116 valence electrons. The van der Waals surface area contributed by atoms with E-state index in [9.17, 15) is 9.59 Å². The predicted octanol–water partition coefficient (Wildman–Crippen LogP) is 2.90. The molecule has 0 radical (unpaired) electrons. The number of nitrogens with one attached hydrogen (secondary N) is 2. The lowest BCUT2D eigenvalue weighted by Crippen LogP contribution is -2.49. The van der Waals surface area contributed by atoms with E-state index >= 15 is 0 Å². The van der Waals surface area contributed by atoms with Gasteiger partial charge in [-0.05, 0) is 38.0 Å². The topological polar surface area (TPSA) is 78.4 Å². The number of carbonyl (C=O) groups is 2. The van der Waals surface area contributed by atoms with Gasteiger partial charge < -0.3 is 15.7 Å². The lowest BCUT2D eigenvalue weighted by atomic mass is 9.83. The third-order valence-corrected chi connectivity index (χ3v) is 4.06. The molecule has 1 rings (SSSR count). The summed E-state index contributed by atoms with van der Waals surface area (Å²) in [5.41, 5.74) is 0. The zero-order chi connectivity index (χ0) is 15.0. The van der Waals surface area contributed by atoms with Crippen molar-refractivity contribution in [3.05, 3.63) is 0 Å². The van der Waals surface area contributed by atoms with Crippen molar-refractivity contribution in [2.24, 2.45) is 5.92 Å². The van der Waals surface area contributed by atoms with Crippen LogP contribution in [0.1, 0.15) is 65.2 Å². The van der Waals surface area contributed by atoms with Gasteiger partial charge in [0, 0.05) is 6.04 Å². The maximum Gasteiger partial charge on any atom is 0.326 e. The second kappa shape index (κ2) is 8.82. The molecule has 1 fully saturated rings. The summed E-state index contributed by atoms with van der Waals surface area (Å²) in [6.07, 6.45) is 8.03. The van der Waals surface area contributed by atoms with Gasteiger partial charge in [0.05, 0.1) is 0 Å². The van der Waals surface area contributed by atoms with Crippen molar-refractivity contribution in [3.8, 4) is 0 Å². The number of carboxylic acids is 1. The summed E-state index contributed by atoms with van der Waals surface area (Å²) in [4.78, 5) is 22.8. The van der Waals surface area contributed by atoms with Crippen LogP contribution in [0.5, 0.6) is 0 Å². The van der Waals surface area contributed by atoms with Crippen molar-refractivity contribution in [2.75, 3.05) is 0 Å². The molecule has 1 aliphatic carbocycles. The van der Waals surface area contributed by atoms with Crippen LogP contribution in [0.15, 0.2) is 0 Å². The third-order valence-electron chi connectivity index (χ3n) is 4.06. The van der Waals surface area contributed by atoms with E-state index < -0.39 is 12.0 Å². The van der Waals surface area contributed by atoms with Gasteiger partial charge in [-0.2, -0.15) is 0 Å². The molecule has 20 heavy (non-hydrogen) atoms. The molecule has 1 atom stereocenters. The van der Waals surface area contributed by atoms with E-state index in [1.54, 1.807) is 0 Å². The first-order valence-electron chi connectivity index (χ1n) is 7.86. The summed E-state index contributed by atoms with van der Waals surface area (Å²) < 4.78 is 0. The van der Waals surface area contributed by atoms with E-state index in [0.29, 0.717) is 6.42 Å². The maximum absolute atomic E-state index is 11.8. The molecule has 5 heteroatoms. The molecule has 0 aromatic heterocycles. The first kappa shape index (κ1) is 16.8. The monoisotopic (exact) mass is 284 g/mol. The molecule has 5 nitrogen and oxygen atoms in total. The molecule has 0 heterocycles. The summed E-state index contributed by atoms with van der Waals surface area (Å²) in [6.45, 7) is 4.11. The summed E-state index contributed by atoms with van der Waals surface area (Å²) in [7, 11) is 0. The largest absolute Gasteiger partial charge is 0.480 e. The number of urea groups is 1. The second-order valence-corrected chi connectivity index (χ2v) is 5.80. The van der Waals surface area contributed by atoms with Crippen LogP contribution < -0.4 is 10.6 Å². The number of carbonyl (C=O) groups excluding carboxylic acids is 1. The standard InChI is InChI=1S/C15H28N2O3/c1-3-5-11-7-9-12(10-8-11)16-15(20)17-13(6-4-2)14(18)19/h11-13H,3-10H2,1-2H3,(H,18,19)(H2,16,17,20). The number of hydrogen-bond acceptors (Lipinski definition) is 2. The van der Waals surface area contributed by atoms with Gasteiger partial charge in [0.2, 0.25) is 0 Å². The van der Waals surface area contributed by atoms with Crippen LogP contribution in [0.2, 0.25) is 0 Å². The number of amides is 2. The van der Waals surface area contributed by atoms with Gasteiger partial charge in [-0.25, -0.2) is 9.59 Å². The summed E-state index contributed by atoms with van der Waals surface area (Å²) in [5.74, 6) is -0.165. The molecule has 1 unspecified atom stereocenters. The average Bonchev–Trinajstić information content (AvgIpc) is 2.40. The molecule has 3 N–H and O–H groups in total. The number of hydrogen-bond donors (Lipinski definition) is 3. The molecular weight excluding hydrogens is 256 g/mol. The smallest absolute Gasteiger partial charge is 0.326 e. The fourth-order valence-electron chi connectivity index (χ4n) is 2.94. The van der Waals surface area contributed by atoms with Gasteiger partial charge in [0.15, 0.2) is 0 Å². The Hall–Kier alpha value is -1.26. The third kappa shape index (κ3) is 5.80. The highest BCUT2D eigenvalue weighted by Gasteiger charge is 2.24. The second-order valence-electron chi connectivity index (χ2n) is 5.80. The molecule has 0 aromatic carbocycles. The average molecular weight is 284 g/mol. The molecule has 0 bridgehead atoms. The summed E-state index contributed by atoms with van der Waals surface area (Å²) in [6, 6.07) is -0.930. The Balaban J connectivity index is 2.30. The number of rotatable bonds is 7. The molecule has 1 aliphatic rings. The number of aliphatic carboxylic acids is 1. The molecule has 0 spiro atoms. The zero-order valence-electron chi connectivity index (χ0n) is 12.7. The quantitative estimate of drug-likeness (QED) is 0.672. The van der Waals surface area contributed by atoms with Crippen molar-refractivity contribution in [2.45, 2.75) is 77.3 Å². The van der Waals surface area contributed by atoms with Gasteiger partial charge in [0.1, 0.15) is 6.04 Å². The fourth-order valence-corrected chi connectivity index (χ4v) is 2.94. The van der Waals surface area contributed by atoms with Crippen molar-refractivity contribution < 1.29 is 14.7 Å². The van der Waals surface area contributed by atoms with E-state index in [4.69, 9.17) is 5.11 Å². The van der Waals surface area contributed by atoms with Crippen molar-refractivity contribution in [1.29, 1.82) is 0 Å². The van der Waals surface area contributed by atoms with Crippen molar-refractivity contribution in [1.82, 2.24) is 10.6 Å². The van der Waals surface area contributed by atoms with Gasteiger partial charge in [-0.15, -0.1) is 0 Å². The summed E-state index contributed by atoms with van der Waals surface area (Å²) >= 11 is 0. The number of carboxylic acid groups (broad SMARTS) is 1. The minimum atomic E-state index is -0.964. The van der Waals surface area contributed by atoms with E-state index in [2.05, 4.69) is 17.6 Å². The zero-order valence-corrected chi connectivity index (χ0v) is 12.7. The van der Waals surface area contributed by atoms with Crippen LogP contribution in [-0.4, -0.2) is 29.2 Å². The molecule has 0 aromatic rings. The first-order chi connectivity index (χ1) is 9.56. The Morgan fingerprint density at radius 3 is 2.30 bits per heavy atom. The highest BCUT2D eigenvalue weighted by molar-refractivity contribution is 5.82. The first-order valence-corrected chi connectivity index (χ1v) is 7.86. The highest BCUT2D eigenvalue weighted by Crippen LogP contribution is 2.27. The van der Waals surface area contributed by atoms with Crippen LogP contribution >= 0.6 is 0 Å². The normalized spacial score (nSPS) is 23.9. The van der Waals surface area contributed by atoms with Crippen LogP contribution in [0, 0.1) is 5.92 Å². The predicted molar refractivity (Wildman–Crippen MR) is 78.7 cm³/mol. The Morgan fingerprint density at radius 1 is 1.15 bits per heavy atom. The van der Waals surface area contributed by atoms with Gasteiger partial charge >= 0.3 is 12.0 Å². The van der Waals surface area contributed by atoms with E-state index in [1.807, 2.05) is 6.92 Å². The lowest BCUT2D eigenvalue weighted by molar-refractivity contribution is -0.139. The van der Waals surface area contributed by atoms with Crippen molar-refractivity contribution >= 4 is 12.0 Å². The van der Waals surface area contributed by atoms with E-state index in [0.717, 1.165) is 38.0 Å². The Kier molecular flexibility index (Phi) is 7.41. The van der Waals surface area contributed by atoms with Crippen LogP contribution in [0.3, 0.4) is 0 Å². The minimum absolute atomic E-state index is 0.194. The van der Waals surface area contributed by atoms with E-state index in [-0.39, 0.29) is 12.1 Å².